The Bertz CT molecular complexity index is 270. The Morgan fingerprint density at radius 1 is 1.27 bits per heavy atom. The number of rotatable bonds is 0. The smallest absolute Gasteiger partial charge is 0.0436 e. The molecule has 0 spiro atoms. The molecule has 2 heteroatoms. The molecule has 0 bridgehead atoms. The summed E-state index contributed by atoms with van der Waals surface area (Å²) in [6, 6.07) is 2.14. The van der Waals surface area contributed by atoms with E-state index in [1.165, 1.54) is 30.5 Å². The van der Waals surface area contributed by atoms with E-state index in [9.17, 15) is 0 Å². The van der Waals surface area contributed by atoms with E-state index >= 15 is 0 Å². The summed E-state index contributed by atoms with van der Waals surface area (Å²) in [5, 5.41) is 0. The zero-order chi connectivity index (χ0) is 7.68. The summed E-state index contributed by atoms with van der Waals surface area (Å²) in [4.78, 5) is 5.33. The van der Waals surface area contributed by atoms with Crippen molar-refractivity contribution in [1.29, 1.82) is 0 Å². The molecule has 1 aliphatic rings. The van der Waals surface area contributed by atoms with Crippen molar-refractivity contribution < 1.29 is 0 Å². The maximum Gasteiger partial charge on any atom is 0.0436 e. The maximum atomic E-state index is 4.34. The zero-order valence-corrected chi connectivity index (χ0v) is 7.27. The van der Waals surface area contributed by atoms with Crippen LogP contribution < -0.4 is 0 Å². The van der Waals surface area contributed by atoms with Crippen LogP contribution in [0.2, 0.25) is 0 Å². The molecule has 0 atom stereocenters. The monoisotopic (exact) mass is 165 g/mol. The van der Waals surface area contributed by atoms with Gasteiger partial charge >= 0.3 is 0 Å². The lowest BCUT2D eigenvalue weighted by molar-refractivity contribution is 0.665. The number of aromatic nitrogens is 1. The number of hydrogen-bond acceptors (Lipinski definition) is 2. The fourth-order valence-corrected chi connectivity index (χ4v) is 1.79. The van der Waals surface area contributed by atoms with Crippen LogP contribution in [0, 0.1) is 0 Å². The van der Waals surface area contributed by atoms with Crippen molar-refractivity contribution in [2.24, 2.45) is 0 Å². The SMILES string of the molecule is Sc1cnc2c(c1)CCCC2. The second-order valence-corrected chi connectivity index (χ2v) is 3.52. The Hall–Kier alpha value is -0.500. The summed E-state index contributed by atoms with van der Waals surface area (Å²) in [6.45, 7) is 0. The number of nitrogens with zero attached hydrogens (tertiary/aromatic N) is 1. The minimum atomic E-state index is 0.991. The molecule has 1 aromatic heterocycles. The highest BCUT2D eigenvalue weighted by Gasteiger charge is 2.09. The van der Waals surface area contributed by atoms with Gasteiger partial charge in [-0.1, -0.05) is 0 Å². The predicted octanol–water partition coefficient (Wildman–Crippen LogP) is 2.25. The second-order valence-electron chi connectivity index (χ2n) is 3.01. The van der Waals surface area contributed by atoms with Gasteiger partial charge in [0.25, 0.3) is 0 Å². The van der Waals surface area contributed by atoms with Crippen molar-refractivity contribution in [3.63, 3.8) is 0 Å². The van der Waals surface area contributed by atoms with Gasteiger partial charge in [0.05, 0.1) is 0 Å². The van der Waals surface area contributed by atoms with Gasteiger partial charge in [0.1, 0.15) is 0 Å². The van der Waals surface area contributed by atoms with Gasteiger partial charge in [-0.2, -0.15) is 0 Å². The summed E-state index contributed by atoms with van der Waals surface area (Å²) >= 11 is 4.26. The van der Waals surface area contributed by atoms with Crippen molar-refractivity contribution >= 4 is 12.6 Å². The summed E-state index contributed by atoms with van der Waals surface area (Å²) in [7, 11) is 0. The van der Waals surface area contributed by atoms with E-state index in [1.807, 2.05) is 6.20 Å². The number of hydrogen-bond donors (Lipinski definition) is 1. The van der Waals surface area contributed by atoms with Gasteiger partial charge in [-0.3, -0.25) is 4.98 Å². The maximum absolute atomic E-state index is 4.34. The molecule has 1 nitrogen and oxygen atoms in total. The Kier molecular flexibility index (Phi) is 1.86. The average molecular weight is 165 g/mol. The van der Waals surface area contributed by atoms with Crippen molar-refractivity contribution in [2.75, 3.05) is 0 Å². The quantitative estimate of drug-likeness (QED) is 0.582. The minimum Gasteiger partial charge on any atom is -0.260 e. The van der Waals surface area contributed by atoms with Gasteiger partial charge in [-0.15, -0.1) is 12.6 Å². The number of pyridine rings is 1. The van der Waals surface area contributed by atoms with Gasteiger partial charge < -0.3 is 0 Å². The standard InChI is InChI=1S/C9H11NS/c11-8-5-7-3-1-2-4-9(7)10-6-8/h5-6,11H,1-4H2. The van der Waals surface area contributed by atoms with Crippen LogP contribution in [0.5, 0.6) is 0 Å². The third-order valence-electron chi connectivity index (χ3n) is 2.16. The molecule has 58 valence electrons. The Labute approximate surface area is 72.3 Å². The number of fused-ring (bicyclic) bond motifs is 1. The normalized spacial score (nSPS) is 16.1. The molecule has 0 aromatic carbocycles. The lowest BCUT2D eigenvalue weighted by Gasteiger charge is -2.13. The highest BCUT2D eigenvalue weighted by Crippen LogP contribution is 2.20. The lowest BCUT2D eigenvalue weighted by atomic mass is 9.96. The van der Waals surface area contributed by atoms with E-state index < -0.39 is 0 Å². The van der Waals surface area contributed by atoms with Gasteiger partial charge in [0, 0.05) is 16.8 Å². The predicted molar refractivity (Wildman–Crippen MR) is 48.1 cm³/mol. The van der Waals surface area contributed by atoms with Gasteiger partial charge in [-0.05, 0) is 37.3 Å². The molecule has 1 aromatic rings. The van der Waals surface area contributed by atoms with Crippen LogP contribution in [-0.4, -0.2) is 4.98 Å². The fraction of sp³-hybridized carbons (Fsp3) is 0.444. The second kappa shape index (κ2) is 2.86. The van der Waals surface area contributed by atoms with Crippen LogP contribution in [0.15, 0.2) is 17.2 Å². The zero-order valence-electron chi connectivity index (χ0n) is 6.38. The van der Waals surface area contributed by atoms with Crippen molar-refractivity contribution in [1.82, 2.24) is 4.98 Å². The van der Waals surface area contributed by atoms with Crippen LogP contribution in [0.25, 0.3) is 0 Å². The first-order chi connectivity index (χ1) is 5.36. The molecule has 1 aliphatic carbocycles. The van der Waals surface area contributed by atoms with E-state index in [-0.39, 0.29) is 0 Å². The van der Waals surface area contributed by atoms with Crippen molar-refractivity contribution in [3.05, 3.63) is 23.5 Å². The molecule has 2 rings (SSSR count). The Morgan fingerprint density at radius 3 is 3.00 bits per heavy atom. The molecule has 0 saturated heterocycles. The van der Waals surface area contributed by atoms with Crippen molar-refractivity contribution in [2.45, 2.75) is 30.6 Å². The lowest BCUT2D eigenvalue weighted by Crippen LogP contribution is -2.04. The van der Waals surface area contributed by atoms with E-state index in [2.05, 4.69) is 23.7 Å². The summed E-state index contributed by atoms with van der Waals surface area (Å²) in [6.07, 6.45) is 6.80. The van der Waals surface area contributed by atoms with Crippen LogP contribution in [0.3, 0.4) is 0 Å². The van der Waals surface area contributed by atoms with Crippen LogP contribution in [0.4, 0.5) is 0 Å². The van der Waals surface area contributed by atoms with Crippen LogP contribution in [-0.2, 0) is 12.8 Å². The van der Waals surface area contributed by atoms with E-state index in [0.29, 0.717) is 0 Å². The summed E-state index contributed by atoms with van der Waals surface area (Å²) in [5.41, 5.74) is 2.69. The van der Waals surface area contributed by atoms with Gasteiger partial charge in [-0.25, -0.2) is 0 Å². The highest BCUT2D eigenvalue weighted by atomic mass is 32.1. The van der Waals surface area contributed by atoms with Crippen LogP contribution in [0.1, 0.15) is 24.1 Å². The molecule has 1 heterocycles. The molecule has 0 aliphatic heterocycles. The molecular weight excluding hydrogens is 154 g/mol. The first-order valence-corrected chi connectivity index (χ1v) is 4.48. The van der Waals surface area contributed by atoms with Gasteiger partial charge in [0.2, 0.25) is 0 Å². The topological polar surface area (TPSA) is 12.9 Å². The van der Waals surface area contributed by atoms with Crippen molar-refractivity contribution in [3.8, 4) is 0 Å². The fourth-order valence-electron chi connectivity index (χ4n) is 1.58. The number of aryl methyl sites for hydroxylation is 2. The third-order valence-corrected chi connectivity index (χ3v) is 2.40. The Balaban J connectivity index is 2.43. The average Bonchev–Trinajstić information content (AvgIpc) is 2.04. The highest BCUT2D eigenvalue weighted by molar-refractivity contribution is 7.80. The summed E-state index contributed by atoms with van der Waals surface area (Å²) < 4.78 is 0. The third kappa shape index (κ3) is 1.41. The minimum absolute atomic E-state index is 0.991. The van der Waals surface area contributed by atoms with E-state index in [1.54, 1.807) is 0 Å². The molecule has 0 amide bonds. The van der Waals surface area contributed by atoms with E-state index in [0.717, 1.165) is 11.3 Å². The molecule has 0 unspecified atom stereocenters. The largest absolute Gasteiger partial charge is 0.260 e. The molecule has 0 radical (unpaired) electrons. The van der Waals surface area contributed by atoms with E-state index in [4.69, 9.17) is 0 Å². The molecule has 0 N–H and O–H groups in total. The van der Waals surface area contributed by atoms with Gasteiger partial charge in [0.15, 0.2) is 0 Å². The van der Waals surface area contributed by atoms with Crippen LogP contribution >= 0.6 is 12.6 Å². The first-order valence-electron chi connectivity index (χ1n) is 4.03. The Morgan fingerprint density at radius 2 is 2.09 bits per heavy atom. The molecular formula is C9H11NS. The number of thiol groups is 1. The molecule has 0 saturated carbocycles. The summed E-state index contributed by atoms with van der Waals surface area (Å²) in [5.74, 6) is 0. The first kappa shape index (κ1) is 7.17. The molecule has 0 fully saturated rings. The molecule has 11 heavy (non-hydrogen) atoms.